The van der Waals surface area contributed by atoms with Gasteiger partial charge in [-0.25, -0.2) is 0 Å². The Morgan fingerprint density at radius 1 is 1.06 bits per heavy atom. The first kappa shape index (κ1) is 21.1. The fourth-order valence-electron chi connectivity index (χ4n) is 5.18. The number of amides is 2. The monoisotopic (exact) mass is 455 g/mol. The summed E-state index contributed by atoms with van der Waals surface area (Å²) < 4.78 is 0. The molecule has 0 bridgehead atoms. The molecule has 0 spiro atoms. The number of hydrogen-bond acceptors (Lipinski definition) is 4. The van der Waals surface area contributed by atoms with Crippen LogP contribution in [-0.4, -0.2) is 62.8 Å². The molecule has 2 fully saturated rings. The highest BCUT2D eigenvalue weighted by molar-refractivity contribution is 6.15. The number of nitrogens with one attached hydrogen (secondary N) is 1. The van der Waals surface area contributed by atoms with E-state index < -0.39 is 5.54 Å². The summed E-state index contributed by atoms with van der Waals surface area (Å²) in [6, 6.07) is 16.2. The minimum Gasteiger partial charge on any atom is -0.342 e. The van der Waals surface area contributed by atoms with E-state index in [-0.39, 0.29) is 17.7 Å². The predicted octanol–water partition coefficient (Wildman–Crippen LogP) is 3.86. The third kappa shape index (κ3) is 3.59. The standard InChI is InChI=1S/C27H29N5O2/c1-27(2)26(34)32(16-17-13-14-31(15-17)25(33)20-11-12-20)24(28-27)19-9-7-18(8-10-19)23-21-5-3-4-6-22(21)29-30-23/h3-10,17,20H,11-16H2,1-2H3,(H,29,30)/t17-/m1/s1. The normalized spacial score (nSPS) is 22.0. The summed E-state index contributed by atoms with van der Waals surface area (Å²) in [5.74, 6) is 1.57. The van der Waals surface area contributed by atoms with Crippen LogP contribution in [0.2, 0.25) is 0 Å². The van der Waals surface area contributed by atoms with Crippen LogP contribution in [0.5, 0.6) is 0 Å². The summed E-state index contributed by atoms with van der Waals surface area (Å²) in [5, 5.41) is 8.67. The molecule has 1 aliphatic carbocycles. The third-order valence-corrected chi connectivity index (χ3v) is 7.26. The molecular weight excluding hydrogens is 426 g/mol. The number of amidine groups is 1. The van der Waals surface area contributed by atoms with Gasteiger partial charge in [-0.05, 0) is 45.1 Å². The van der Waals surface area contributed by atoms with E-state index in [0.717, 1.165) is 65.9 Å². The molecule has 7 nitrogen and oxygen atoms in total. The second kappa shape index (κ2) is 7.79. The highest BCUT2D eigenvalue weighted by Crippen LogP contribution is 2.34. The molecule has 34 heavy (non-hydrogen) atoms. The molecule has 1 aromatic heterocycles. The Bertz CT molecular complexity index is 1300. The van der Waals surface area contributed by atoms with Crippen molar-refractivity contribution in [2.45, 2.75) is 38.6 Å². The zero-order chi connectivity index (χ0) is 23.4. The summed E-state index contributed by atoms with van der Waals surface area (Å²) in [4.78, 5) is 34.4. The number of fused-ring (bicyclic) bond motifs is 1. The van der Waals surface area contributed by atoms with Crippen LogP contribution in [0.1, 0.15) is 38.7 Å². The van der Waals surface area contributed by atoms with Crippen molar-refractivity contribution in [3.8, 4) is 11.3 Å². The van der Waals surface area contributed by atoms with Crippen LogP contribution in [0.15, 0.2) is 53.5 Å². The first-order valence-electron chi connectivity index (χ1n) is 12.2. The Kier molecular flexibility index (Phi) is 4.83. The Morgan fingerprint density at radius 3 is 2.56 bits per heavy atom. The number of para-hydroxylation sites is 1. The number of nitrogens with zero attached hydrogens (tertiary/aromatic N) is 4. The summed E-state index contributed by atoms with van der Waals surface area (Å²) >= 11 is 0. The molecule has 2 aliphatic heterocycles. The van der Waals surface area contributed by atoms with Gasteiger partial charge in [0.05, 0.1) is 11.2 Å². The number of carbonyl (C=O) groups is 2. The van der Waals surface area contributed by atoms with Crippen molar-refractivity contribution < 1.29 is 9.59 Å². The molecule has 1 atom stereocenters. The Labute approximate surface area is 198 Å². The first-order valence-corrected chi connectivity index (χ1v) is 12.2. The molecule has 0 radical (unpaired) electrons. The molecule has 7 heteroatoms. The van der Waals surface area contributed by atoms with E-state index in [1.54, 1.807) is 0 Å². The molecule has 1 saturated carbocycles. The molecule has 3 aliphatic rings. The van der Waals surface area contributed by atoms with Crippen molar-refractivity contribution in [1.82, 2.24) is 20.0 Å². The van der Waals surface area contributed by atoms with Gasteiger partial charge < -0.3 is 4.90 Å². The summed E-state index contributed by atoms with van der Waals surface area (Å²) in [6.45, 7) is 5.87. The molecule has 174 valence electrons. The van der Waals surface area contributed by atoms with E-state index >= 15 is 0 Å². The molecule has 6 rings (SSSR count). The molecule has 2 aromatic carbocycles. The van der Waals surface area contributed by atoms with Crippen molar-refractivity contribution in [2.24, 2.45) is 16.8 Å². The third-order valence-electron chi connectivity index (χ3n) is 7.26. The molecular formula is C27H29N5O2. The largest absolute Gasteiger partial charge is 0.342 e. The smallest absolute Gasteiger partial charge is 0.255 e. The molecule has 1 saturated heterocycles. The van der Waals surface area contributed by atoms with E-state index in [2.05, 4.69) is 16.3 Å². The van der Waals surface area contributed by atoms with Crippen molar-refractivity contribution >= 4 is 28.6 Å². The van der Waals surface area contributed by atoms with Crippen molar-refractivity contribution in [3.63, 3.8) is 0 Å². The SMILES string of the molecule is CC1(C)N=C(c2ccc(-c3n[nH]c4ccccc34)cc2)N(C[C@@H]2CCN(C(=O)C3CC3)C2)C1=O. The van der Waals surface area contributed by atoms with E-state index in [1.807, 2.05) is 66.1 Å². The van der Waals surface area contributed by atoms with Crippen molar-refractivity contribution in [2.75, 3.05) is 19.6 Å². The number of aromatic nitrogens is 2. The van der Waals surface area contributed by atoms with Gasteiger partial charge in [0.15, 0.2) is 0 Å². The van der Waals surface area contributed by atoms with Crippen LogP contribution in [0.3, 0.4) is 0 Å². The average molecular weight is 456 g/mol. The first-order chi connectivity index (χ1) is 16.4. The minimum absolute atomic E-state index is 0.0249. The maximum Gasteiger partial charge on any atom is 0.255 e. The van der Waals surface area contributed by atoms with Gasteiger partial charge in [-0.3, -0.25) is 24.6 Å². The van der Waals surface area contributed by atoms with E-state index in [9.17, 15) is 9.59 Å². The Hall–Kier alpha value is -3.48. The summed E-state index contributed by atoms with van der Waals surface area (Å²) in [7, 11) is 0. The van der Waals surface area contributed by atoms with Crippen LogP contribution >= 0.6 is 0 Å². The number of aliphatic imine (C=N–C) groups is 1. The van der Waals surface area contributed by atoms with Crippen molar-refractivity contribution in [3.05, 3.63) is 54.1 Å². The number of likely N-dealkylation sites (tertiary alicyclic amines) is 1. The number of carbonyl (C=O) groups excluding carboxylic acids is 2. The Morgan fingerprint density at radius 2 is 1.79 bits per heavy atom. The van der Waals surface area contributed by atoms with Crippen molar-refractivity contribution in [1.29, 1.82) is 0 Å². The average Bonchev–Trinajstić information content (AvgIpc) is 3.36. The lowest BCUT2D eigenvalue weighted by Gasteiger charge is -2.24. The van der Waals surface area contributed by atoms with Gasteiger partial charge in [-0.15, -0.1) is 0 Å². The fourth-order valence-corrected chi connectivity index (χ4v) is 5.18. The maximum absolute atomic E-state index is 13.2. The lowest BCUT2D eigenvalue weighted by atomic mass is 10.0. The molecule has 0 unspecified atom stereocenters. The van der Waals surface area contributed by atoms with Crippen LogP contribution < -0.4 is 0 Å². The highest BCUT2D eigenvalue weighted by atomic mass is 16.2. The van der Waals surface area contributed by atoms with E-state index in [1.165, 1.54) is 0 Å². The quantitative estimate of drug-likeness (QED) is 0.634. The predicted molar refractivity (Wildman–Crippen MR) is 131 cm³/mol. The van der Waals surface area contributed by atoms with Gasteiger partial charge in [0, 0.05) is 42.1 Å². The van der Waals surface area contributed by atoms with Gasteiger partial charge in [0.2, 0.25) is 5.91 Å². The van der Waals surface area contributed by atoms with Crippen LogP contribution in [0, 0.1) is 11.8 Å². The summed E-state index contributed by atoms with van der Waals surface area (Å²) in [6.07, 6.45) is 2.99. The van der Waals surface area contributed by atoms with Crippen LogP contribution in [0.25, 0.3) is 22.2 Å². The van der Waals surface area contributed by atoms with Crippen LogP contribution in [0.4, 0.5) is 0 Å². The second-order valence-electron chi connectivity index (χ2n) is 10.3. The number of benzene rings is 2. The summed E-state index contributed by atoms with van der Waals surface area (Å²) in [5.41, 5.74) is 3.07. The molecule has 3 aromatic rings. The van der Waals surface area contributed by atoms with E-state index in [4.69, 9.17) is 4.99 Å². The molecule has 1 N–H and O–H groups in total. The zero-order valence-electron chi connectivity index (χ0n) is 19.6. The minimum atomic E-state index is -0.783. The zero-order valence-corrected chi connectivity index (χ0v) is 19.6. The van der Waals surface area contributed by atoms with Gasteiger partial charge in [0.1, 0.15) is 11.4 Å². The lowest BCUT2D eigenvalue weighted by Crippen LogP contribution is -2.42. The maximum atomic E-state index is 13.2. The van der Waals surface area contributed by atoms with E-state index in [0.29, 0.717) is 12.5 Å². The number of rotatable bonds is 5. The second-order valence-corrected chi connectivity index (χ2v) is 10.3. The van der Waals surface area contributed by atoms with Crippen LogP contribution in [-0.2, 0) is 9.59 Å². The fraction of sp³-hybridized carbons (Fsp3) is 0.407. The van der Waals surface area contributed by atoms with Gasteiger partial charge in [-0.1, -0.05) is 42.5 Å². The Balaban J connectivity index is 1.23. The van der Waals surface area contributed by atoms with Gasteiger partial charge in [-0.2, -0.15) is 5.10 Å². The highest BCUT2D eigenvalue weighted by Gasteiger charge is 2.43. The van der Waals surface area contributed by atoms with Gasteiger partial charge >= 0.3 is 0 Å². The topological polar surface area (TPSA) is 81.7 Å². The van der Waals surface area contributed by atoms with Gasteiger partial charge in [0.25, 0.3) is 5.91 Å². The number of hydrogen-bond donors (Lipinski definition) is 1. The number of H-pyrrole nitrogens is 1. The molecule has 3 heterocycles. The lowest BCUT2D eigenvalue weighted by molar-refractivity contribution is -0.131. The number of aromatic amines is 1. The molecule has 2 amide bonds.